The highest BCUT2D eigenvalue weighted by Gasteiger charge is 2.36. The molecule has 2 aromatic rings. The Bertz CT molecular complexity index is 837. The number of furan rings is 1. The average molecular weight is 367 g/mol. The van der Waals surface area contributed by atoms with Gasteiger partial charge in [0, 0.05) is 17.8 Å². The summed E-state index contributed by atoms with van der Waals surface area (Å²) >= 11 is 0. The molecule has 144 valence electrons. The molecule has 1 unspecified atom stereocenters. The molecule has 1 amide bonds. The number of anilines is 1. The molecule has 2 heterocycles. The molecule has 1 aliphatic heterocycles. The van der Waals surface area contributed by atoms with Crippen molar-refractivity contribution in [2.24, 2.45) is 5.10 Å². The smallest absolute Gasteiger partial charge is 0.307 e. The molecule has 5 heteroatoms. The highest BCUT2D eigenvalue weighted by molar-refractivity contribution is 5.92. The molecule has 0 saturated carbocycles. The molecule has 0 fully saturated rings. The summed E-state index contributed by atoms with van der Waals surface area (Å²) < 4.78 is 5.07. The molecule has 3 rings (SSSR count). The Morgan fingerprint density at radius 1 is 1.44 bits per heavy atom. The maximum absolute atomic E-state index is 11.9. The fourth-order valence-electron chi connectivity index (χ4n) is 4.06. The van der Waals surface area contributed by atoms with E-state index >= 15 is 0 Å². The van der Waals surface area contributed by atoms with Crippen molar-refractivity contribution >= 4 is 17.8 Å². The lowest BCUT2D eigenvalue weighted by Gasteiger charge is -2.48. The maximum Gasteiger partial charge on any atom is 0.307 e. The highest BCUT2D eigenvalue weighted by Crippen LogP contribution is 2.44. The monoisotopic (exact) mass is 367 g/mol. The van der Waals surface area contributed by atoms with Gasteiger partial charge in [0.2, 0.25) is 0 Å². The van der Waals surface area contributed by atoms with Crippen molar-refractivity contribution in [2.75, 3.05) is 11.4 Å². The molecule has 5 nitrogen and oxygen atoms in total. The van der Waals surface area contributed by atoms with Crippen LogP contribution in [0.5, 0.6) is 0 Å². The van der Waals surface area contributed by atoms with Gasteiger partial charge in [-0.25, -0.2) is 5.43 Å². The first-order valence-electron chi connectivity index (χ1n) is 9.62. The molecule has 0 bridgehead atoms. The fraction of sp³-hybridized carbons (Fsp3) is 0.455. The standard InChI is InChI=1S/C22H29N3O2/c1-6-9-25-19-11-15(2)17(12-18(19)16(3)13-22(25,4)5)14-23-24-21(26)20-8-7-10-27-20/h7-8,10-12,14,16H,6,9,13H2,1-5H3,(H,24,26)/b23-14+. The Morgan fingerprint density at radius 3 is 2.89 bits per heavy atom. The van der Waals surface area contributed by atoms with E-state index in [9.17, 15) is 4.79 Å². The second-order valence-corrected chi connectivity index (χ2v) is 8.01. The summed E-state index contributed by atoms with van der Waals surface area (Å²) in [6, 6.07) is 7.77. The molecule has 0 spiro atoms. The van der Waals surface area contributed by atoms with Crippen LogP contribution in [0.25, 0.3) is 0 Å². The predicted octanol–water partition coefficient (Wildman–Crippen LogP) is 4.85. The minimum Gasteiger partial charge on any atom is -0.459 e. The Hall–Kier alpha value is -2.56. The number of nitrogens with one attached hydrogen (secondary N) is 1. The molecule has 0 radical (unpaired) electrons. The van der Waals surface area contributed by atoms with Gasteiger partial charge in [0.05, 0.1) is 12.5 Å². The van der Waals surface area contributed by atoms with E-state index in [2.05, 4.69) is 62.2 Å². The third kappa shape index (κ3) is 3.92. The van der Waals surface area contributed by atoms with E-state index in [0.717, 1.165) is 30.5 Å². The van der Waals surface area contributed by atoms with Gasteiger partial charge in [-0.15, -0.1) is 0 Å². The van der Waals surface area contributed by atoms with Crippen LogP contribution in [0.3, 0.4) is 0 Å². The number of carbonyl (C=O) groups is 1. The van der Waals surface area contributed by atoms with Gasteiger partial charge in [-0.05, 0) is 80.5 Å². The van der Waals surface area contributed by atoms with E-state index in [0.29, 0.717) is 5.92 Å². The van der Waals surface area contributed by atoms with E-state index in [1.807, 2.05) is 0 Å². The number of hydrogen-bond acceptors (Lipinski definition) is 4. The first kappa shape index (κ1) is 19.2. The minimum atomic E-state index is -0.351. The van der Waals surface area contributed by atoms with Crippen LogP contribution < -0.4 is 10.3 Å². The zero-order valence-corrected chi connectivity index (χ0v) is 16.9. The number of nitrogens with zero attached hydrogens (tertiary/aromatic N) is 2. The highest BCUT2D eigenvalue weighted by atomic mass is 16.3. The van der Waals surface area contributed by atoms with E-state index in [1.54, 1.807) is 18.3 Å². The summed E-state index contributed by atoms with van der Waals surface area (Å²) in [7, 11) is 0. The number of benzene rings is 1. The van der Waals surface area contributed by atoms with Crippen LogP contribution in [0.1, 0.15) is 73.7 Å². The number of amides is 1. The maximum atomic E-state index is 11.9. The lowest BCUT2D eigenvalue weighted by molar-refractivity contribution is 0.0927. The van der Waals surface area contributed by atoms with E-state index in [-0.39, 0.29) is 17.2 Å². The first-order valence-corrected chi connectivity index (χ1v) is 9.62. The van der Waals surface area contributed by atoms with Gasteiger partial charge in [-0.1, -0.05) is 13.8 Å². The lowest BCUT2D eigenvalue weighted by Crippen LogP contribution is -2.48. The van der Waals surface area contributed by atoms with Crippen LogP contribution in [0.15, 0.2) is 40.0 Å². The van der Waals surface area contributed by atoms with Crippen LogP contribution in [0.2, 0.25) is 0 Å². The van der Waals surface area contributed by atoms with Gasteiger partial charge in [0.1, 0.15) is 0 Å². The van der Waals surface area contributed by atoms with E-state index < -0.39 is 0 Å². The zero-order valence-electron chi connectivity index (χ0n) is 16.9. The number of fused-ring (bicyclic) bond motifs is 1. The van der Waals surface area contributed by atoms with Crippen molar-refractivity contribution in [1.29, 1.82) is 0 Å². The van der Waals surface area contributed by atoms with Crippen LogP contribution in [0, 0.1) is 6.92 Å². The van der Waals surface area contributed by atoms with Gasteiger partial charge in [-0.2, -0.15) is 5.10 Å². The molecule has 1 atom stereocenters. The van der Waals surface area contributed by atoms with Crippen molar-refractivity contribution in [3.8, 4) is 0 Å². The fourth-order valence-corrected chi connectivity index (χ4v) is 4.06. The van der Waals surface area contributed by atoms with Crippen molar-refractivity contribution in [3.05, 3.63) is 53.0 Å². The number of hydrazone groups is 1. The Morgan fingerprint density at radius 2 is 2.22 bits per heavy atom. The SMILES string of the molecule is CCCN1c2cc(C)c(/C=N/NC(=O)c3ccco3)cc2C(C)CC1(C)C. The minimum absolute atomic E-state index is 0.154. The quantitative estimate of drug-likeness (QED) is 0.607. The van der Waals surface area contributed by atoms with Crippen molar-refractivity contribution in [1.82, 2.24) is 5.43 Å². The second-order valence-electron chi connectivity index (χ2n) is 8.01. The third-order valence-electron chi connectivity index (χ3n) is 5.34. The summed E-state index contributed by atoms with van der Waals surface area (Å²) in [6.07, 6.45) is 5.43. The zero-order chi connectivity index (χ0) is 19.6. The van der Waals surface area contributed by atoms with Crippen LogP contribution in [-0.4, -0.2) is 24.2 Å². The summed E-state index contributed by atoms with van der Waals surface area (Å²) in [4.78, 5) is 14.5. The summed E-state index contributed by atoms with van der Waals surface area (Å²) in [5.41, 5.74) is 7.53. The summed E-state index contributed by atoms with van der Waals surface area (Å²) in [6.45, 7) is 12.3. The van der Waals surface area contributed by atoms with Gasteiger partial charge in [0.15, 0.2) is 5.76 Å². The van der Waals surface area contributed by atoms with E-state index in [4.69, 9.17) is 4.42 Å². The van der Waals surface area contributed by atoms with Crippen LogP contribution >= 0.6 is 0 Å². The lowest BCUT2D eigenvalue weighted by atomic mass is 9.79. The molecule has 1 aromatic carbocycles. The Kier molecular flexibility index (Phi) is 5.40. The van der Waals surface area contributed by atoms with Gasteiger partial charge in [-0.3, -0.25) is 4.79 Å². The molecule has 27 heavy (non-hydrogen) atoms. The van der Waals surface area contributed by atoms with Crippen LogP contribution in [-0.2, 0) is 0 Å². The topological polar surface area (TPSA) is 57.8 Å². The normalized spacial score (nSPS) is 18.6. The second kappa shape index (κ2) is 7.59. The van der Waals surface area contributed by atoms with Crippen molar-refractivity contribution in [3.63, 3.8) is 0 Å². The summed E-state index contributed by atoms with van der Waals surface area (Å²) in [5.74, 6) is 0.380. The largest absolute Gasteiger partial charge is 0.459 e. The molecule has 0 saturated heterocycles. The molecule has 1 N–H and O–H groups in total. The number of carbonyl (C=O) groups excluding carboxylic acids is 1. The van der Waals surface area contributed by atoms with Gasteiger partial charge in [0.25, 0.3) is 0 Å². The number of rotatable bonds is 5. The predicted molar refractivity (Wildman–Crippen MR) is 110 cm³/mol. The summed E-state index contributed by atoms with van der Waals surface area (Å²) in [5, 5.41) is 4.12. The average Bonchev–Trinajstić information content (AvgIpc) is 3.14. The Balaban J connectivity index is 1.86. The number of hydrogen-bond donors (Lipinski definition) is 1. The first-order chi connectivity index (χ1) is 12.8. The molecule has 0 aliphatic carbocycles. The third-order valence-corrected chi connectivity index (χ3v) is 5.34. The molecule has 1 aromatic heterocycles. The van der Waals surface area contributed by atoms with Gasteiger partial charge >= 0.3 is 5.91 Å². The van der Waals surface area contributed by atoms with Gasteiger partial charge < -0.3 is 9.32 Å². The van der Waals surface area contributed by atoms with Crippen molar-refractivity contribution in [2.45, 2.75) is 58.9 Å². The van der Waals surface area contributed by atoms with Crippen LogP contribution in [0.4, 0.5) is 5.69 Å². The number of aryl methyl sites for hydroxylation is 1. The van der Waals surface area contributed by atoms with Crippen molar-refractivity contribution < 1.29 is 9.21 Å². The molecular weight excluding hydrogens is 338 g/mol. The van der Waals surface area contributed by atoms with E-state index in [1.165, 1.54) is 17.5 Å². The Labute approximate surface area is 161 Å². The molecular formula is C22H29N3O2. The molecule has 1 aliphatic rings.